The van der Waals surface area contributed by atoms with Gasteiger partial charge >= 0.3 is 0 Å². The van der Waals surface area contributed by atoms with Crippen LogP contribution >= 0.6 is 0 Å². The predicted molar refractivity (Wildman–Crippen MR) is 106 cm³/mol. The van der Waals surface area contributed by atoms with Crippen LogP contribution in [0.3, 0.4) is 0 Å². The molecule has 0 radical (unpaired) electrons. The summed E-state index contributed by atoms with van der Waals surface area (Å²) in [6, 6.07) is 18.1. The van der Waals surface area contributed by atoms with Crippen molar-refractivity contribution >= 4 is 22.5 Å². The number of nitrogens with one attached hydrogen (secondary N) is 2. The van der Waals surface area contributed by atoms with E-state index in [-0.39, 0.29) is 11.9 Å². The molecule has 0 saturated carbocycles. The number of anilines is 1. The molecule has 0 aliphatic carbocycles. The molecule has 134 valence electrons. The Morgan fingerprint density at radius 1 is 1.08 bits per heavy atom. The number of nitrogens with zero attached hydrogens (tertiary/aromatic N) is 1. The zero-order valence-electron chi connectivity index (χ0n) is 15.1. The molecule has 1 amide bonds. The number of carbonyl (C=O) groups excluding carboxylic acids is 1. The summed E-state index contributed by atoms with van der Waals surface area (Å²) >= 11 is 0. The predicted octanol–water partition coefficient (Wildman–Crippen LogP) is 4.37. The lowest BCUT2D eigenvalue weighted by Gasteiger charge is -2.35. The number of aromatic nitrogens is 1. The van der Waals surface area contributed by atoms with Crippen LogP contribution in [0.15, 0.2) is 60.8 Å². The smallest absolute Gasteiger partial charge is 0.241 e. The van der Waals surface area contributed by atoms with Crippen LogP contribution in [-0.4, -0.2) is 34.9 Å². The average molecular weight is 347 g/mol. The maximum atomic E-state index is 12.5. The van der Waals surface area contributed by atoms with Crippen molar-refractivity contribution in [2.75, 3.05) is 18.4 Å². The first kappa shape index (κ1) is 16.9. The Morgan fingerprint density at radius 3 is 2.54 bits per heavy atom. The van der Waals surface area contributed by atoms with Gasteiger partial charge in [-0.15, -0.1) is 0 Å². The van der Waals surface area contributed by atoms with Crippen molar-refractivity contribution in [1.29, 1.82) is 0 Å². The van der Waals surface area contributed by atoms with Gasteiger partial charge in [-0.05, 0) is 62.5 Å². The van der Waals surface area contributed by atoms with Crippen LogP contribution in [0.4, 0.5) is 5.69 Å². The van der Waals surface area contributed by atoms with E-state index in [1.807, 2.05) is 37.3 Å². The first-order chi connectivity index (χ1) is 12.7. The second-order valence-corrected chi connectivity index (χ2v) is 7.13. The van der Waals surface area contributed by atoms with E-state index in [1.165, 1.54) is 16.5 Å². The molecule has 4 heteroatoms. The molecular weight excluding hydrogens is 322 g/mol. The third-order valence-corrected chi connectivity index (χ3v) is 5.56. The lowest BCUT2D eigenvalue weighted by atomic mass is 9.88. The largest absolute Gasteiger partial charge is 0.361 e. The molecule has 0 bridgehead atoms. The molecule has 2 aromatic carbocycles. The number of piperidine rings is 1. The van der Waals surface area contributed by atoms with E-state index >= 15 is 0 Å². The Balaban J connectivity index is 1.38. The minimum Gasteiger partial charge on any atom is -0.361 e. The summed E-state index contributed by atoms with van der Waals surface area (Å²) in [7, 11) is 0. The molecule has 3 aromatic rings. The highest BCUT2D eigenvalue weighted by Crippen LogP contribution is 2.33. The SMILES string of the molecule is C[C@H](C(=O)Nc1ccccc1)N1CCC(c2c[nH]c3ccccc23)CC1. The van der Waals surface area contributed by atoms with E-state index < -0.39 is 0 Å². The molecule has 2 N–H and O–H groups in total. The first-order valence-electron chi connectivity index (χ1n) is 9.38. The van der Waals surface area contributed by atoms with Gasteiger partial charge in [0.2, 0.25) is 5.91 Å². The van der Waals surface area contributed by atoms with Gasteiger partial charge in [-0.3, -0.25) is 9.69 Å². The fourth-order valence-electron chi connectivity index (χ4n) is 3.96. The molecule has 0 unspecified atom stereocenters. The van der Waals surface area contributed by atoms with Gasteiger partial charge in [-0.2, -0.15) is 0 Å². The molecule has 1 aliphatic heterocycles. The summed E-state index contributed by atoms with van der Waals surface area (Å²) in [6.45, 7) is 3.91. The minimum absolute atomic E-state index is 0.0711. The number of H-pyrrole nitrogens is 1. The molecule has 4 rings (SSSR count). The zero-order chi connectivity index (χ0) is 17.9. The molecule has 1 aromatic heterocycles. The van der Waals surface area contributed by atoms with E-state index in [0.717, 1.165) is 31.6 Å². The van der Waals surface area contributed by atoms with Crippen LogP contribution in [-0.2, 0) is 4.79 Å². The number of amides is 1. The molecule has 0 spiro atoms. The van der Waals surface area contributed by atoms with Crippen LogP contribution in [0.25, 0.3) is 10.9 Å². The van der Waals surface area contributed by atoms with Gasteiger partial charge in [0.1, 0.15) is 0 Å². The molecule has 1 fully saturated rings. The molecule has 1 saturated heterocycles. The third kappa shape index (κ3) is 3.37. The highest BCUT2D eigenvalue weighted by atomic mass is 16.2. The number of benzene rings is 2. The van der Waals surface area contributed by atoms with Crippen molar-refractivity contribution in [2.24, 2.45) is 0 Å². The number of fused-ring (bicyclic) bond motifs is 1. The highest BCUT2D eigenvalue weighted by molar-refractivity contribution is 5.94. The summed E-state index contributed by atoms with van der Waals surface area (Å²) in [5, 5.41) is 4.35. The van der Waals surface area contributed by atoms with Crippen molar-refractivity contribution in [2.45, 2.75) is 31.7 Å². The molecular formula is C22H25N3O. The maximum absolute atomic E-state index is 12.5. The van der Waals surface area contributed by atoms with E-state index in [1.54, 1.807) is 0 Å². The van der Waals surface area contributed by atoms with Gasteiger partial charge in [0, 0.05) is 22.8 Å². The summed E-state index contributed by atoms with van der Waals surface area (Å²) in [6.07, 6.45) is 4.34. The van der Waals surface area contributed by atoms with Crippen LogP contribution < -0.4 is 5.32 Å². The van der Waals surface area contributed by atoms with Gasteiger partial charge in [0.05, 0.1) is 6.04 Å². The van der Waals surface area contributed by atoms with Crippen LogP contribution in [0.2, 0.25) is 0 Å². The van der Waals surface area contributed by atoms with E-state index in [9.17, 15) is 4.79 Å². The fourth-order valence-corrected chi connectivity index (χ4v) is 3.96. The van der Waals surface area contributed by atoms with Crippen molar-refractivity contribution in [3.63, 3.8) is 0 Å². The minimum atomic E-state index is -0.112. The summed E-state index contributed by atoms with van der Waals surface area (Å²) in [4.78, 5) is 18.2. The van der Waals surface area contributed by atoms with Gasteiger partial charge in [-0.25, -0.2) is 0 Å². The van der Waals surface area contributed by atoms with Gasteiger partial charge in [0.25, 0.3) is 0 Å². The number of hydrogen-bond donors (Lipinski definition) is 2. The van der Waals surface area contributed by atoms with Crippen LogP contribution in [0, 0.1) is 0 Å². The van der Waals surface area contributed by atoms with E-state index in [4.69, 9.17) is 0 Å². The summed E-state index contributed by atoms with van der Waals surface area (Å²) in [5.41, 5.74) is 3.49. The molecule has 1 atom stereocenters. The van der Waals surface area contributed by atoms with Crippen LogP contribution in [0.1, 0.15) is 31.2 Å². The molecule has 26 heavy (non-hydrogen) atoms. The van der Waals surface area contributed by atoms with E-state index in [0.29, 0.717) is 5.92 Å². The van der Waals surface area contributed by atoms with Gasteiger partial charge < -0.3 is 10.3 Å². The van der Waals surface area contributed by atoms with Crippen LogP contribution in [0.5, 0.6) is 0 Å². The molecule has 1 aliphatic rings. The monoisotopic (exact) mass is 347 g/mol. The second kappa shape index (κ2) is 7.34. The van der Waals surface area contributed by atoms with Crippen molar-refractivity contribution in [1.82, 2.24) is 9.88 Å². The highest BCUT2D eigenvalue weighted by Gasteiger charge is 2.28. The van der Waals surface area contributed by atoms with Crippen molar-refractivity contribution in [3.8, 4) is 0 Å². The number of aromatic amines is 1. The second-order valence-electron chi connectivity index (χ2n) is 7.13. The standard InChI is InChI=1S/C22H25N3O/c1-16(22(26)24-18-7-3-2-4-8-18)25-13-11-17(12-14-25)20-15-23-21-10-6-5-9-19(20)21/h2-10,15-17,23H,11-14H2,1H3,(H,24,26)/t16-/m1/s1. The lowest BCUT2D eigenvalue weighted by Crippen LogP contribution is -2.45. The van der Waals surface area contributed by atoms with Crippen molar-refractivity contribution < 1.29 is 4.79 Å². The maximum Gasteiger partial charge on any atom is 0.241 e. The number of carbonyl (C=O) groups is 1. The van der Waals surface area contributed by atoms with Gasteiger partial charge in [0.15, 0.2) is 0 Å². The number of rotatable bonds is 4. The summed E-state index contributed by atoms with van der Waals surface area (Å²) < 4.78 is 0. The van der Waals surface area contributed by atoms with Gasteiger partial charge in [-0.1, -0.05) is 36.4 Å². The van der Waals surface area contributed by atoms with E-state index in [2.05, 4.69) is 45.7 Å². The lowest BCUT2D eigenvalue weighted by molar-refractivity contribution is -0.121. The fraction of sp³-hybridized carbons (Fsp3) is 0.318. The Hall–Kier alpha value is -2.59. The first-order valence-corrected chi connectivity index (χ1v) is 9.38. The number of hydrogen-bond acceptors (Lipinski definition) is 2. The Bertz CT molecular complexity index is 879. The normalized spacial score (nSPS) is 17.3. The average Bonchev–Trinajstić information content (AvgIpc) is 3.12. The van der Waals surface area contributed by atoms with Crippen molar-refractivity contribution in [3.05, 3.63) is 66.4 Å². The zero-order valence-corrected chi connectivity index (χ0v) is 15.1. The molecule has 4 nitrogen and oxygen atoms in total. The Morgan fingerprint density at radius 2 is 1.77 bits per heavy atom. The summed E-state index contributed by atoms with van der Waals surface area (Å²) in [5.74, 6) is 0.633. The Labute approximate surface area is 154 Å². The number of likely N-dealkylation sites (tertiary alicyclic amines) is 1. The quantitative estimate of drug-likeness (QED) is 0.736. The third-order valence-electron chi connectivity index (χ3n) is 5.56. The topological polar surface area (TPSA) is 48.1 Å². The Kier molecular flexibility index (Phi) is 4.76. The molecule has 2 heterocycles. The number of para-hydroxylation sites is 2.